The Kier molecular flexibility index (Phi) is 9.68. The van der Waals surface area contributed by atoms with Crippen molar-refractivity contribution in [1.29, 1.82) is 0 Å². The van der Waals surface area contributed by atoms with Gasteiger partial charge < -0.3 is 23.7 Å². The van der Waals surface area contributed by atoms with Crippen molar-refractivity contribution in [1.82, 2.24) is 0 Å². The summed E-state index contributed by atoms with van der Waals surface area (Å²) in [6.07, 6.45) is 11.8. The molecule has 11 atom stereocenters. The summed E-state index contributed by atoms with van der Waals surface area (Å²) >= 11 is 0. The summed E-state index contributed by atoms with van der Waals surface area (Å²) in [4.78, 5) is 11.9. The first kappa shape index (κ1) is 29.3. The summed E-state index contributed by atoms with van der Waals surface area (Å²) in [6, 6.07) is 0. The summed E-state index contributed by atoms with van der Waals surface area (Å²) < 4.78 is 28.5. The minimum absolute atomic E-state index is 0.0783. The number of methoxy groups -OCH3 is 3. The molecule has 37 heavy (non-hydrogen) atoms. The highest BCUT2D eigenvalue weighted by molar-refractivity contribution is 5.69. The molecule has 214 valence electrons. The molecule has 0 aromatic carbocycles. The van der Waals surface area contributed by atoms with Gasteiger partial charge in [0, 0.05) is 20.6 Å². The monoisotopic (exact) mass is 522 g/mol. The molecular weight excluding hydrogens is 468 g/mol. The Labute approximate surface area is 225 Å². The molecule has 4 rings (SSSR count). The van der Waals surface area contributed by atoms with E-state index in [1.165, 1.54) is 39.2 Å². The van der Waals surface area contributed by atoms with Crippen molar-refractivity contribution in [3.8, 4) is 0 Å². The van der Waals surface area contributed by atoms with Gasteiger partial charge in [-0.15, -0.1) is 0 Å². The third kappa shape index (κ3) is 5.38. The highest BCUT2D eigenvalue weighted by atomic mass is 16.7. The van der Waals surface area contributed by atoms with Gasteiger partial charge in [-0.25, -0.2) is 0 Å². The fraction of sp³-hybridized carbons (Fsp3) is 0.968. The number of carbonyl (C=O) groups is 1. The Hall–Kier alpha value is -0.690. The average molecular weight is 523 g/mol. The molecule has 6 nitrogen and oxygen atoms in total. The fourth-order valence-corrected chi connectivity index (χ4v) is 10.2. The van der Waals surface area contributed by atoms with Gasteiger partial charge in [0.1, 0.15) is 13.6 Å². The lowest BCUT2D eigenvalue weighted by Crippen LogP contribution is -2.63. The van der Waals surface area contributed by atoms with Gasteiger partial charge in [0.2, 0.25) is 0 Å². The van der Waals surface area contributed by atoms with Crippen molar-refractivity contribution in [2.24, 2.45) is 52.3 Å². The molecule has 6 heteroatoms. The molecule has 0 aromatic rings. The standard InChI is InChI=1S/C31H54O6/c1-8-22-26-17-21(36-18-33-5)13-15-31(26,4)25-14-16-30(3)23(20(2)9-12-27(32)35-7)10-11-24(30)28(25)29(22)37-19-34-6/h20-26,28-29H,8-19H2,1-7H3/t20-,21-,22-,23-,24?,25?,26+,28?,29?,30-,31-/m1/s1. The van der Waals surface area contributed by atoms with Gasteiger partial charge in [-0.3, -0.25) is 4.79 Å². The van der Waals surface area contributed by atoms with Gasteiger partial charge in [-0.1, -0.05) is 34.1 Å². The summed E-state index contributed by atoms with van der Waals surface area (Å²) in [5.74, 6) is 4.19. The quantitative estimate of drug-likeness (QED) is 0.229. The molecule has 0 bridgehead atoms. The van der Waals surface area contributed by atoms with Crippen LogP contribution in [0.2, 0.25) is 0 Å². The Bertz CT molecular complexity index is 758. The molecule has 0 spiro atoms. The topological polar surface area (TPSA) is 63.2 Å². The lowest BCUT2D eigenvalue weighted by molar-refractivity contribution is -0.239. The van der Waals surface area contributed by atoms with Crippen LogP contribution in [0.25, 0.3) is 0 Å². The fourth-order valence-electron chi connectivity index (χ4n) is 10.2. The van der Waals surface area contributed by atoms with Crippen LogP contribution in [0.5, 0.6) is 0 Å². The molecule has 4 saturated carbocycles. The number of rotatable bonds is 11. The molecule has 0 saturated heterocycles. The van der Waals surface area contributed by atoms with Crippen LogP contribution < -0.4 is 0 Å². The third-order valence-electron chi connectivity index (χ3n) is 11.9. The predicted octanol–water partition coefficient (Wildman–Crippen LogP) is 6.46. The number of carbonyl (C=O) groups excluding carboxylic acids is 1. The van der Waals surface area contributed by atoms with E-state index in [0.717, 1.165) is 25.7 Å². The van der Waals surface area contributed by atoms with Gasteiger partial charge in [0.05, 0.1) is 19.3 Å². The van der Waals surface area contributed by atoms with Gasteiger partial charge in [-0.05, 0) is 104 Å². The summed E-state index contributed by atoms with van der Waals surface area (Å²) in [6.45, 7) is 10.7. The minimum Gasteiger partial charge on any atom is -0.469 e. The van der Waals surface area contributed by atoms with Crippen LogP contribution in [0.3, 0.4) is 0 Å². The summed E-state index contributed by atoms with van der Waals surface area (Å²) in [7, 11) is 4.96. The van der Waals surface area contributed by atoms with Crippen molar-refractivity contribution in [2.75, 3.05) is 34.9 Å². The number of esters is 1. The normalized spacial score (nSPS) is 44.0. The predicted molar refractivity (Wildman–Crippen MR) is 144 cm³/mol. The number of fused-ring (bicyclic) bond motifs is 5. The zero-order valence-electron chi connectivity index (χ0n) is 24.6. The van der Waals surface area contributed by atoms with Crippen molar-refractivity contribution < 1.29 is 28.5 Å². The largest absolute Gasteiger partial charge is 0.469 e. The van der Waals surface area contributed by atoms with Crippen LogP contribution in [-0.4, -0.2) is 53.1 Å². The second-order valence-corrected chi connectivity index (χ2v) is 13.3. The smallest absolute Gasteiger partial charge is 0.305 e. The molecule has 0 radical (unpaired) electrons. The molecule has 4 unspecified atom stereocenters. The third-order valence-corrected chi connectivity index (χ3v) is 11.9. The molecule has 4 aliphatic carbocycles. The van der Waals surface area contributed by atoms with E-state index in [-0.39, 0.29) is 18.2 Å². The maximum Gasteiger partial charge on any atom is 0.305 e. The highest BCUT2D eigenvalue weighted by Gasteiger charge is 2.65. The first-order chi connectivity index (χ1) is 17.7. The SMILES string of the molecule is CC[C@H]1C(OCOC)C2C3CC[C@H]([C@H](C)CCC(=O)OC)[C@@]3(C)CCC2[C@@]2(C)CC[C@@H](OCOC)C[C@@H]12. The number of hydrogen-bond donors (Lipinski definition) is 0. The molecule has 4 aliphatic rings. The lowest BCUT2D eigenvalue weighted by atomic mass is 9.41. The van der Waals surface area contributed by atoms with E-state index in [1.54, 1.807) is 14.2 Å². The first-order valence-corrected chi connectivity index (χ1v) is 15.0. The van der Waals surface area contributed by atoms with Crippen LogP contribution in [-0.2, 0) is 28.5 Å². The highest BCUT2D eigenvalue weighted by Crippen LogP contribution is 2.70. The van der Waals surface area contributed by atoms with Crippen molar-refractivity contribution in [2.45, 2.75) is 104 Å². The summed E-state index contributed by atoms with van der Waals surface area (Å²) in [5.41, 5.74) is 0.646. The van der Waals surface area contributed by atoms with Crippen molar-refractivity contribution >= 4 is 5.97 Å². The Balaban J connectivity index is 1.61. The molecule has 0 amide bonds. The molecule has 0 aromatic heterocycles. The van der Waals surface area contributed by atoms with E-state index < -0.39 is 0 Å². The van der Waals surface area contributed by atoms with Crippen LogP contribution >= 0.6 is 0 Å². The average Bonchev–Trinajstić information content (AvgIpc) is 3.26. The maximum atomic E-state index is 11.9. The molecular formula is C31H54O6. The maximum absolute atomic E-state index is 11.9. The van der Waals surface area contributed by atoms with E-state index in [4.69, 9.17) is 23.7 Å². The van der Waals surface area contributed by atoms with Crippen LogP contribution in [0, 0.1) is 52.3 Å². The Morgan fingerprint density at radius 1 is 0.892 bits per heavy atom. The van der Waals surface area contributed by atoms with Gasteiger partial charge >= 0.3 is 5.97 Å². The van der Waals surface area contributed by atoms with E-state index in [1.807, 2.05) is 0 Å². The zero-order valence-corrected chi connectivity index (χ0v) is 24.6. The first-order valence-electron chi connectivity index (χ1n) is 15.0. The molecule has 4 fully saturated rings. The van der Waals surface area contributed by atoms with Crippen molar-refractivity contribution in [3.63, 3.8) is 0 Å². The minimum atomic E-state index is -0.0783. The van der Waals surface area contributed by atoms with Crippen LogP contribution in [0.15, 0.2) is 0 Å². The van der Waals surface area contributed by atoms with E-state index in [0.29, 0.717) is 72.3 Å². The van der Waals surface area contributed by atoms with E-state index in [9.17, 15) is 4.79 Å². The Morgan fingerprint density at radius 2 is 1.57 bits per heavy atom. The van der Waals surface area contributed by atoms with Crippen molar-refractivity contribution in [3.05, 3.63) is 0 Å². The van der Waals surface area contributed by atoms with Gasteiger partial charge in [0.25, 0.3) is 0 Å². The van der Waals surface area contributed by atoms with Crippen LogP contribution in [0.1, 0.15) is 91.9 Å². The lowest BCUT2D eigenvalue weighted by Gasteiger charge is -2.65. The number of ether oxygens (including phenoxy) is 5. The molecule has 0 heterocycles. The van der Waals surface area contributed by atoms with Gasteiger partial charge in [-0.2, -0.15) is 0 Å². The second-order valence-electron chi connectivity index (χ2n) is 13.3. The number of hydrogen-bond acceptors (Lipinski definition) is 6. The van der Waals surface area contributed by atoms with E-state index in [2.05, 4.69) is 27.7 Å². The zero-order chi connectivity index (χ0) is 26.8. The summed E-state index contributed by atoms with van der Waals surface area (Å²) in [5, 5.41) is 0. The second kappa shape index (κ2) is 12.2. The van der Waals surface area contributed by atoms with E-state index >= 15 is 0 Å². The molecule has 0 aliphatic heterocycles. The van der Waals surface area contributed by atoms with Gasteiger partial charge in [0.15, 0.2) is 0 Å². The molecule has 0 N–H and O–H groups in total. The Morgan fingerprint density at radius 3 is 2.24 bits per heavy atom. The van der Waals surface area contributed by atoms with Crippen LogP contribution in [0.4, 0.5) is 0 Å².